The third-order valence-electron chi connectivity index (χ3n) is 16.5. The molecular weight excluding hydrogens is 933 g/mol. The summed E-state index contributed by atoms with van der Waals surface area (Å²) in [5.74, 6) is 0. The normalized spacial score (nSPS) is 12.8. The number of rotatable bonds is 9. The molecule has 76 heavy (non-hydrogen) atoms. The molecule has 0 atom stereocenters. The van der Waals surface area contributed by atoms with Gasteiger partial charge in [-0.1, -0.05) is 255 Å². The van der Waals surface area contributed by atoms with Gasteiger partial charge in [-0.2, -0.15) is 0 Å². The van der Waals surface area contributed by atoms with Gasteiger partial charge in [0, 0.05) is 27.2 Å². The number of benzene rings is 12. The Morgan fingerprint density at radius 2 is 0.724 bits per heavy atom. The second kappa shape index (κ2) is 17.6. The Hall–Kier alpha value is -9.54. The molecule has 1 aliphatic rings. The predicted octanol–water partition coefficient (Wildman–Crippen LogP) is 15.3. The van der Waals surface area contributed by atoms with Crippen molar-refractivity contribution in [3.63, 3.8) is 0 Å². The zero-order chi connectivity index (χ0) is 50.2. The number of nitrogens with zero attached hydrogens (tertiary/aromatic N) is 2. The quantitative estimate of drug-likeness (QED) is 0.101. The molecule has 3 heteroatoms. The molecule has 0 N–H and O–H groups in total. The van der Waals surface area contributed by atoms with E-state index in [2.05, 4.69) is 312 Å². The van der Waals surface area contributed by atoms with Crippen LogP contribution in [0.25, 0.3) is 77.2 Å². The Balaban J connectivity index is 0.954. The fourth-order valence-electron chi connectivity index (χ4n) is 13.5. The van der Waals surface area contributed by atoms with Gasteiger partial charge in [0.25, 0.3) is 0 Å². The van der Waals surface area contributed by atoms with E-state index in [1.165, 1.54) is 109 Å². The van der Waals surface area contributed by atoms with E-state index in [9.17, 15) is 0 Å². The molecule has 2 heterocycles. The number of fused-ring (bicyclic) bond motifs is 9. The smallest absolute Gasteiger partial charge is 0.179 e. The van der Waals surface area contributed by atoms with Crippen LogP contribution in [0, 0.1) is 0 Å². The molecule has 15 rings (SSSR count). The highest BCUT2D eigenvalue weighted by molar-refractivity contribution is 7.19. The zero-order valence-electron chi connectivity index (χ0n) is 41.8. The first kappa shape index (κ1) is 44.0. The summed E-state index contributed by atoms with van der Waals surface area (Å²) in [6.07, 6.45) is 0. The van der Waals surface area contributed by atoms with Crippen LogP contribution in [-0.4, -0.2) is 17.2 Å². The SMILES string of the molecule is c1ccc(C2(c3ccccc3)c3ccccc3-c3ccc(-c4cccc5c4c4ccccc4n5-c4cccc5c4c4ccccc4n5-c4cccc([Si](c5ccccc5)(c5ccccc5)c5ccccc5)c4)cc32)cc1. The van der Waals surface area contributed by atoms with E-state index >= 15 is 0 Å². The number of hydrogen-bond acceptors (Lipinski definition) is 0. The minimum atomic E-state index is -2.81. The van der Waals surface area contributed by atoms with Gasteiger partial charge in [-0.05, 0) is 114 Å². The van der Waals surface area contributed by atoms with E-state index in [4.69, 9.17) is 0 Å². The lowest BCUT2D eigenvalue weighted by Crippen LogP contribution is -2.74. The molecule has 12 aromatic carbocycles. The lowest BCUT2D eigenvalue weighted by atomic mass is 9.67. The summed E-state index contributed by atoms with van der Waals surface area (Å²) in [5.41, 5.74) is 16.6. The van der Waals surface area contributed by atoms with Gasteiger partial charge in [-0.3, -0.25) is 0 Å². The third-order valence-corrected chi connectivity index (χ3v) is 21.3. The first-order valence-corrected chi connectivity index (χ1v) is 28.4. The summed E-state index contributed by atoms with van der Waals surface area (Å²) in [6.45, 7) is 0. The van der Waals surface area contributed by atoms with Crippen LogP contribution in [0.5, 0.6) is 0 Å². The first-order valence-electron chi connectivity index (χ1n) is 26.4. The summed E-state index contributed by atoms with van der Waals surface area (Å²) in [7, 11) is -2.81. The van der Waals surface area contributed by atoms with Crippen molar-refractivity contribution < 1.29 is 0 Å². The van der Waals surface area contributed by atoms with Crippen LogP contribution in [0.3, 0.4) is 0 Å². The van der Waals surface area contributed by atoms with E-state index in [1.54, 1.807) is 0 Å². The lowest BCUT2D eigenvalue weighted by Gasteiger charge is -2.34. The van der Waals surface area contributed by atoms with E-state index < -0.39 is 13.5 Å². The van der Waals surface area contributed by atoms with Crippen molar-refractivity contribution >= 4 is 72.4 Å². The fourth-order valence-corrected chi connectivity index (χ4v) is 18.3. The Morgan fingerprint density at radius 1 is 0.276 bits per heavy atom. The van der Waals surface area contributed by atoms with Crippen molar-refractivity contribution in [1.82, 2.24) is 9.13 Å². The second-order valence-electron chi connectivity index (χ2n) is 20.3. The van der Waals surface area contributed by atoms with Crippen molar-refractivity contribution in [2.45, 2.75) is 5.41 Å². The fraction of sp³-hybridized carbons (Fsp3) is 0.0137. The van der Waals surface area contributed by atoms with Crippen molar-refractivity contribution in [3.05, 3.63) is 326 Å². The van der Waals surface area contributed by atoms with Gasteiger partial charge in [0.1, 0.15) is 0 Å². The highest BCUT2D eigenvalue weighted by Gasteiger charge is 2.46. The molecule has 0 unspecified atom stereocenters. The Bertz CT molecular complexity index is 4360. The Kier molecular flexibility index (Phi) is 10.2. The monoisotopic (exact) mass is 982 g/mol. The second-order valence-corrected chi connectivity index (χ2v) is 24.1. The molecule has 2 aromatic heterocycles. The molecule has 0 saturated carbocycles. The molecule has 0 aliphatic heterocycles. The number of hydrogen-bond donors (Lipinski definition) is 0. The maximum absolute atomic E-state index is 2.81. The molecule has 0 amide bonds. The van der Waals surface area contributed by atoms with E-state index in [1.807, 2.05) is 0 Å². The van der Waals surface area contributed by atoms with Gasteiger partial charge in [0.05, 0.1) is 33.2 Å². The van der Waals surface area contributed by atoms with E-state index in [0.717, 1.165) is 11.4 Å². The molecule has 0 radical (unpaired) electrons. The lowest BCUT2D eigenvalue weighted by molar-refractivity contribution is 0.769. The molecule has 0 fully saturated rings. The minimum Gasteiger partial charge on any atom is -0.309 e. The molecule has 14 aromatic rings. The van der Waals surface area contributed by atoms with Crippen LogP contribution in [0.15, 0.2) is 303 Å². The van der Waals surface area contributed by atoms with Gasteiger partial charge < -0.3 is 9.13 Å². The molecule has 0 bridgehead atoms. The summed E-state index contributed by atoms with van der Waals surface area (Å²) in [5, 5.41) is 10.3. The summed E-state index contributed by atoms with van der Waals surface area (Å²) < 4.78 is 5.04. The van der Waals surface area contributed by atoms with Crippen LogP contribution in [0.4, 0.5) is 0 Å². The van der Waals surface area contributed by atoms with Crippen LogP contribution < -0.4 is 20.7 Å². The minimum absolute atomic E-state index is 0.496. The highest BCUT2D eigenvalue weighted by Crippen LogP contribution is 2.57. The van der Waals surface area contributed by atoms with Crippen molar-refractivity contribution in [1.29, 1.82) is 0 Å². The van der Waals surface area contributed by atoms with Gasteiger partial charge in [-0.25, -0.2) is 0 Å². The molecule has 356 valence electrons. The van der Waals surface area contributed by atoms with Crippen LogP contribution >= 0.6 is 0 Å². The van der Waals surface area contributed by atoms with E-state index in [0.29, 0.717) is 0 Å². The number of para-hydroxylation sites is 2. The third kappa shape index (κ3) is 6.33. The first-order chi connectivity index (χ1) is 37.7. The van der Waals surface area contributed by atoms with Crippen LogP contribution in [0.2, 0.25) is 0 Å². The Labute approximate surface area is 443 Å². The predicted molar refractivity (Wildman–Crippen MR) is 321 cm³/mol. The van der Waals surface area contributed by atoms with Crippen molar-refractivity contribution in [3.8, 4) is 33.6 Å². The van der Waals surface area contributed by atoms with Gasteiger partial charge in [-0.15, -0.1) is 0 Å². The van der Waals surface area contributed by atoms with Gasteiger partial charge in [0.15, 0.2) is 8.07 Å². The molecule has 0 spiro atoms. The topological polar surface area (TPSA) is 9.86 Å². The van der Waals surface area contributed by atoms with E-state index in [-0.39, 0.29) is 0 Å². The molecular formula is C73H50N2Si. The summed E-state index contributed by atoms with van der Waals surface area (Å²) in [4.78, 5) is 0. The Morgan fingerprint density at radius 3 is 1.36 bits per heavy atom. The summed E-state index contributed by atoms with van der Waals surface area (Å²) >= 11 is 0. The van der Waals surface area contributed by atoms with Gasteiger partial charge in [0.2, 0.25) is 0 Å². The van der Waals surface area contributed by atoms with Crippen LogP contribution in [0.1, 0.15) is 22.3 Å². The van der Waals surface area contributed by atoms with Crippen LogP contribution in [-0.2, 0) is 5.41 Å². The van der Waals surface area contributed by atoms with Gasteiger partial charge >= 0.3 is 0 Å². The highest BCUT2D eigenvalue weighted by atomic mass is 28.3. The maximum Gasteiger partial charge on any atom is 0.179 e. The average Bonchev–Trinajstić information content (AvgIpc) is 4.30. The summed E-state index contributed by atoms with van der Waals surface area (Å²) in [6, 6.07) is 113. The number of aromatic nitrogens is 2. The molecule has 0 saturated heterocycles. The van der Waals surface area contributed by atoms with Crippen molar-refractivity contribution in [2.75, 3.05) is 0 Å². The van der Waals surface area contributed by atoms with Crippen molar-refractivity contribution in [2.24, 2.45) is 0 Å². The standard InChI is InChI=1S/C73H50N2Si/c1-6-25-52(26-7-1)73(53-27-8-2-9-28-53)64-41-19-16-37-60(64)61-48-47-51(49-65(61)73)59-40-23-44-68-71(59)62-38-17-21-43-67(62)75(68)70-46-24-45-69-72(70)63-39-18-20-42-66(63)74(69)54-29-22-36-58(50-54)76(55-30-10-3-11-31-55,56-32-12-4-13-33-56)57-34-14-5-15-35-57/h1-50H. The largest absolute Gasteiger partial charge is 0.309 e. The maximum atomic E-state index is 2.53. The molecule has 2 nitrogen and oxygen atoms in total. The molecule has 1 aliphatic carbocycles. The zero-order valence-corrected chi connectivity index (χ0v) is 42.8. The average molecular weight is 983 g/mol.